The Balaban J connectivity index is 1.84. The Morgan fingerprint density at radius 3 is 3.17 bits per heavy atom. The van der Waals surface area contributed by atoms with Crippen molar-refractivity contribution in [2.75, 3.05) is 30.3 Å². The standard InChI is InChI=1S/C14H19N5O4/c1-14(22)10(21)8(5-20)23-13(14)19-4-7-9-11(16-3-2-15-7)17-6-18-12(9)19/h4,6,8,10,13,15,20-22H,2-3,5H2,1H3,(H,16,17,18)/t8-,10-,13-,14+/m1/s1/i6T. The minimum Gasteiger partial charge on any atom is -0.394 e. The molecule has 0 aliphatic carbocycles. The molecule has 3 aliphatic rings. The number of aliphatic hydroxyl groups excluding tert-OH is 2. The Hall–Kier alpha value is -1.94. The van der Waals surface area contributed by atoms with Crippen LogP contribution in [0.4, 0.5) is 11.5 Å². The maximum atomic E-state index is 10.7. The van der Waals surface area contributed by atoms with Crippen LogP contribution in [0.1, 0.15) is 20.1 Å². The van der Waals surface area contributed by atoms with E-state index in [1.54, 1.807) is 10.8 Å². The third-order valence-electron chi connectivity index (χ3n) is 4.47. The SMILES string of the molecule is [3H]C1=NC2=NCCNc3cn([C@@H]4O[C@H](CO)[C@@H](O)[C@]4(C)O)c(c32)N1. The molecular weight excluding hydrogens is 302 g/mol. The van der Waals surface area contributed by atoms with E-state index in [4.69, 9.17) is 6.11 Å². The van der Waals surface area contributed by atoms with E-state index in [0.717, 1.165) is 5.69 Å². The van der Waals surface area contributed by atoms with Crippen molar-refractivity contribution in [3.8, 4) is 0 Å². The molecule has 1 saturated heterocycles. The lowest BCUT2D eigenvalue weighted by atomic mass is 9.96. The van der Waals surface area contributed by atoms with Crippen molar-refractivity contribution in [2.45, 2.75) is 31.0 Å². The smallest absolute Gasteiger partial charge is 0.167 e. The Labute approximate surface area is 133 Å². The molecule has 9 nitrogen and oxygen atoms in total. The molecule has 124 valence electrons. The molecule has 9 heteroatoms. The molecule has 5 N–H and O–H groups in total. The number of aromatic nitrogens is 1. The van der Waals surface area contributed by atoms with Gasteiger partial charge in [0.2, 0.25) is 0 Å². The van der Waals surface area contributed by atoms with Gasteiger partial charge in [0.05, 0.1) is 30.7 Å². The summed E-state index contributed by atoms with van der Waals surface area (Å²) in [5, 5.41) is 36.4. The van der Waals surface area contributed by atoms with Gasteiger partial charge in [-0.1, -0.05) is 0 Å². The van der Waals surface area contributed by atoms with Crippen LogP contribution < -0.4 is 10.6 Å². The molecule has 0 aromatic carbocycles. The van der Waals surface area contributed by atoms with E-state index in [1.165, 1.54) is 6.92 Å². The number of nitrogens with zero attached hydrogens (tertiary/aromatic N) is 3. The van der Waals surface area contributed by atoms with E-state index < -0.39 is 30.6 Å². The summed E-state index contributed by atoms with van der Waals surface area (Å²) < 4.78 is 15.1. The minimum absolute atomic E-state index is 0.0639. The van der Waals surface area contributed by atoms with E-state index in [2.05, 4.69) is 20.6 Å². The Morgan fingerprint density at radius 1 is 1.61 bits per heavy atom. The highest BCUT2D eigenvalue weighted by atomic mass is 16.6. The second-order valence-corrected chi connectivity index (χ2v) is 6.03. The van der Waals surface area contributed by atoms with E-state index in [1.807, 2.05) is 0 Å². The number of ether oxygens (including phenoxy) is 1. The van der Waals surface area contributed by atoms with Crippen LogP contribution in [-0.2, 0) is 4.74 Å². The Bertz CT molecular complexity index is 744. The Kier molecular flexibility index (Phi) is 2.95. The van der Waals surface area contributed by atoms with Crippen molar-refractivity contribution >= 4 is 23.7 Å². The largest absolute Gasteiger partial charge is 0.394 e. The monoisotopic (exact) mass is 323 g/mol. The number of amidine groups is 2. The number of rotatable bonds is 2. The third-order valence-corrected chi connectivity index (χ3v) is 4.47. The van der Waals surface area contributed by atoms with Gasteiger partial charge in [-0.25, -0.2) is 4.99 Å². The van der Waals surface area contributed by atoms with Crippen LogP contribution in [0.2, 0.25) is 0 Å². The summed E-state index contributed by atoms with van der Waals surface area (Å²) >= 11 is 0. The zero-order valence-corrected chi connectivity index (χ0v) is 12.5. The Morgan fingerprint density at radius 2 is 2.43 bits per heavy atom. The highest BCUT2D eigenvalue weighted by molar-refractivity contribution is 6.15. The van der Waals surface area contributed by atoms with Gasteiger partial charge in [-0.3, -0.25) is 4.99 Å². The summed E-state index contributed by atoms with van der Waals surface area (Å²) in [4.78, 5) is 8.48. The van der Waals surface area contributed by atoms with Crippen molar-refractivity contribution in [1.82, 2.24) is 4.57 Å². The second kappa shape index (κ2) is 5.03. The second-order valence-electron chi connectivity index (χ2n) is 6.03. The molecule has 0 amide bonds. The van der Waals surface area contributed by atoms with Gasteiger partial charge in [0.15, 0.2) is 12.1 Å². The lowest BCUT2D eigenvalue weighted by Crippen LogP contribution is -2.44. The van der Waals surface area contributed by atoms with Gasteiger partial charge < -0.3 is 35.3 Å². The predicted molar refractivity (Wildman–Crippen MR) is 84.1 cm³/mol. The van der Waals surface area contributed by atoms with Gasteiger partial charge in [-0.2, -0.15) is 0 Å². The number of nitrogens with one attached hydrogen (secondary N) is 2. The van der Waals surface area contributed by atoms with E-state index in [-0.39, 0.29) is 6.31 Å². The van der Waals surface area contributed by atoms with Crippen molar-refractivity contribution in [1.29, 1.82) is 0 Å². The van der Waals surface area contributed by atoms with Gasteiger partial charge in [-0.15, -0.1) is 0 Å². The fraction of sp³-hybridized carbons (Fsp3) is 0.571. The molecule has 0 radical (unpaired) electrons. The van der Waals surface area contributed by atoms with E-state index in [9.17, 15) is 15.3 Å². The first-order valence-corrected chi connectivity index (χ1v) is 7.46. The lowest BCUT2D eigenvalue weighted by molar-refractivity contribution is -0.0954. The summed E-state index contributed by atoms with van der Waals surface area (Å²) in [6.45, 7) is 2.21. The van der Waals surface area contributed by atoms with Crippen molar-refractivity contribution in [2.24, 2.45) is 9.98 Å². The van der Waals surface area contributed by atoms with Crippen LogP contribution in [0.5, 0.6) is 0 Å². The van der Waals surface area contributed by atoms with Gasteiger partial charge >= 0.3 is 0 Å². The number of hydrogen-bond donors (Lipinski definition) is 5. The number of hydrogen-bond acceptors (Lipinski definition) is 8. The molecule has 3 aliphatic heterocycles. The molecule has 0 unspecified atom stereocenters. The molecule has 1 fully saturated rings. The first-order valence-electron chi connectivity index (χ1n) is 7.96. The molecule has 23 heavy (non-hydrogen) atoms. The van der Waals surface area contributed by atoms with E-state index in [0.29, 0.717) is 30.3 Å². The fourth-order valence-corrected chi connectivity index (χ4v) is 3.24. The molecule has 4 rings (SSSR count). The summed E-state index contributed by atoms with van der Waals surface area (Å²) in [5.41, 5.74) is -0.159. The number of aliphatic hydroxyl groups is 3. The van der Waals surface area contributed by atoms with Crippen LogP contribution in [0.25, 0.3) is 0 Å². The molecule has 0 bridgehead atoms. The zero-order chi connectivity index (χ0) is 17.1. The number of anilines is 2. The van der Waals surface area contributed by atoms with Gasteiger partial charge in [0.1, 0.15) is 25.0 Å². The fourth-order valence-electron chi connectivity index (χ4n) is 3.24. The highest BCUT2D eigenvalue weighted by Gasteiger charge is 2.53. The van der Waals surface area contributed by atoms with Gasteiger partial charge in [0.25, 0.3) is 0 Å². The summed E-state index contributed by atoms with van der Waals surface area (Å²) in [6, 6.07) is 0. The van der Waals surface area contributed by atoms with E-state index >= 15 is 0 Å². The average Bonchev–Trinajstić information content (AvgIpc) is 2.89. The number of aliphatic imine (C=N–C) groups is 2. The van der Waals surface area contributed by atoms with Crippen molar-refractivity contribution in [3.05, 3.63) is 11.8 Å². The van der Waals surface area contributed by atoms with Crippen molar-refractivity contribution < 1.29 is 21.4 Å². The molecule has 1 aromatic rings. The quantitative estimate of drug-likeness (QED) is 0.481. The van der Waals surface area contributed by atoms with Crippen LogP contribution >= 0.6 is 0 Å². The molecule has 0 saturated carbocycles. The maximum Gasteiger partial charge on any atom is 0.167 e. The summed E-state index contributed by atoms with van der Waals surface area (Å²) in [5.74, 6) is 0.957. The third kappa shape index (κ3) is 2.01. The van der Waals surface area contributed by atoms with Crippen LogP contribution in [-0.4, -0.2) is 69.5 Å². The van der Waals surface area contributed by atoms with Gasteiger partial charge in [-0.05, 0) is 6.92 Å². The summed E-state index contributed by atoms with van der Waals surface area (Å²) in [6.07, 6.45) is -1.40. The molecular formula is C14H19N5O4. The molecule has 4 heterocycles. The average molecular weight is 323 g/mol. The minimum atomic E-state index is -1.61. The topological polar surface area (TPSA) is 124 Å². The molecule has 4 atom stereocenters. The van der Waals surface area contributed by atoms with Crippen LogP contribution in [0.3, 0.4) is 0 Å². The lowest BCUT2D eigenvalue weighted by Gasteiger charge is -2.29. The predicted octanol–water partition coefficient (Wildman–Crippen LogP) is -0.884. The summed E-state index contributed by atoms with van der Waals surface area (Å²) in [7, 11) is 0. The van der Waals surface area contributed by atoms with Crippen molar-refractivity contribution in [3.63, 3.8) is 0 Å². The first kappa shape index (κ1) is 13.5. The highest BCUT2D eigenvalue weighted by Crippen LogP contribution is 2.43. The van der Waals surface area contributed by atoms with Crippen LogP contribution in [0.15, 0.2) is 16.2 Å². The van der Waals surface area contributed by atoms with Crippen LogP contribution in [0, 0.1) is 0 Å². The zero-order valence-electron chi connectivity index (χ0n) is 13.5. The van der Waals surface area contributed by atoms with Gasteiger partial charge in [0, 0.05) is 12.7 Å². The molecule has 0 spiro atoms. The molecule has 1 aromatic heterocycles. The maximum absolute atomic E-state index is 10.7. The normalized spacial score (nSPS) is 36.2. The first-order chi connectivity index (χ1) is 11.4.